The maximum atomic E-state index is 12.7. The molecule has 0 radical (unpaired) electrons. The molecular weight excluding hydrogens is 376 g/mol. The normalized spacial score (nSPS) is 14.2. The van der Waals surface area contributed by atoms with E-state index in [0.29, 0.717) is 11.4 Å². The molecule has 30 heavy (non-hydrogen) atoms. The van der Waals surface area contributed by atoms with Gasteiger partial charge in [0.25, 0.3) is 5.91 Å². The molecule has 0 heterocycles. The van der Waals surface area contributed by atoms with Crippen LogP contribution in [0.2, 0.25) is 0 Å². The second-order valence-corrected chi connectivity index (χ2v) is 7.57. The lowest BCUT2D eigenvalue weighted by Crippen LogP contribution is -2.30. The summed E-state index contributed by atoms with van der Waals surface area (Å²) < 4.78 is 0. The summed E-state index contributed by atoms with van der Waals surface area (Å²) >= 11 is 0. The molecule has 2 amide bonds. The molecule has 1 aliphatic carbocycles. The molecule has 6 nitrogen and oxygen atoms in total. The van der Waals surface area contributed by atoms with Crippen LogP contribution < -0.4 is 16.0 Å². The molecule has 3 N–H and O–H groups in total. The topological polar surface area (TPSA) is 99.2 Å². The molecule has 0 saturated carbocycles. The van der Waals surface area contributed by atoms with Crippen molar-refractivity contribution in [2.24, 2.45) is 0 Å². The summed E-state index contributed by atoms with van der Waals surface area (Å²) in [5.41, 5.74) is 10.4. The first-order valence-electron chi connectivity index (χ1n) is 10.1. The highest BCUT2D eigenvalue weighted by Gasteiger charge is 2.18. The lowest BCUT2D eigenvalue weighted by molar-refractivity contribution is -0.117. The van der Waals surface area contributed by atoms with Crippen LogP contribution in [-0.4, -0.2) is 11.8 Å². The number of nitrogens with two attached hydrogens (primary N) is 1. The molecule has 2 aromatic carbocycles. The monoisotopic (exact) mass is 402 g/mol. The van der Waals surface area contributed by atoms with Gasteiger partial charge in [-0.3, -0.25) is 14.5 Å². The number of nitrogens with one attached hydrogen (secondary N) is 1. The summed E-state index contributed by atoms with van der Waals surface area (Å²) in [7, 11) is 0. The number of nitriles is 1. The zero-order valence-corrected chi connectivity index (χ0v) is 17.3. The molecule has 0 saturated heterocycles. The maximum absolute atomic E-state index is 12.7. The number of fused-ring (bicyclic) bond motifs is 1. The number of rotatable bonds is 5. The quantitative estimate of drug-likeness (QED) is 0.451. The van der Waals surface area contributed by atoms with Gasteiger partial charge in [0.1, 0.15) is 11.6 Å². The third-order valence-corrected chi connectivity index (χ3v) is 5.35. The van der Waals surface area contributed by atoms with Crippen LogP contribution in [0, 0.1) is 11.3 Å². The summed E-state index contributed by atoms with van der Waals surface area (Å²) in [5.74, 6) is -0.840. The number of anilines is 2. The Bertz CT molecular complexity index is 1020. The van der Waals surface area contributed by atoms with Gasteiger partial charge in [-0.05, 0) is 73.6 Å². The predicted octanol–water partition coefficient (Wildman–Crippen LogP) is 3.79. The molecule has 154 valence electrons. The second-order valence-electron chi connectivity index (χ2n) is 7.57. The number of carbonyl (C=O) groups is 2. The Kier molecular flexibility index (Phi) is 6.53. The maximum Gasteiger partial charge on any atom is 0.263 e. The minimum absolute atomic E-state index is 0.146. The summed E-state index contributed by atoms with van der Waals surface area (Å²) in [4.78, 5) is 26.1. The van der Waals surface area contributed by atoms with Crippen LogP contribution in [0.15, 0.2) is 54.2 Å². The lowest BCUT2D eigenvalue weighted by Gasteiger charge is -2.20. The Morgan fingerprint density at radius 1 is 1.13 bits per heavy atom. The van der Waals surface area contributed by atoms with Crippen LogP contribution >= 0.6 is 0 Å². The van der Waals surface area contributed by atoms with Gasteiger partial charge in [-0.2, -0.15) is 5.26 Å². The van der Waals surface area contributed by atoms with E-state index in [-0.39, 0.29) is 17.5 Å². The molecule has 3 rings (SSSR count). The van der Waals surface area contributed by atoms with Gasteiger partial charge in [0.2, 0.25) is 5.91 Å². The molecule has 0 aromatic heterocycles. The molecule has 1 aliphatic rings. The van der Waals surface area contributed by atoms with E-state index in [9.17, 15) is 14.9 Å². The van der Waals surface area contributed by atoms with Crippen molar-refractivity contribution >= 4 is 23.2 Å². The number of nitrogen functional groups attached to an aromatic ring is 1. The van der Waals surface area contributed by atoms with E-state index in [4.69, 9.17) is 5.73 Å². The van der Waals surface area contributed by atoms with E-state index in [0.717, 1.165) is 18.4 Å². The van der Waals surface area contributed by atoms with Gasteiger partial charge in [-0.15, -0.1) is 0 Å². The van der Waals surface area contributed by atoms with Crippen LogP contribution in [0.5, 0.6) is 0 Å². The molecule has 0 bridgehead atoms. The van der Waals surface area contributed by atoms with Crippen molar-refractivity contribution in [3.05, 3.63) is 70.9 Å². The van der Waals surface area contributed by atoms with E-state index in [2.05, 4.69) is 17.4 Å². The first-order valence-corrected chi connectivity index (χ1v) is 10.1. The number of hydrogen-bond donors (Lipinski definition) is 2. The molecule has 0 spiro atoms. The van der Waals surface area contributed by atoms with Gasteiger partial charge in [0, 0.05) is 24.5 Å². The molecular formula is C24H26N4O2. The highest BCUT2D eigenvalue weighted by molar-refractivity contribution is 6.01. The fourth-order valence-corrected chi connectivity index (χ4v) is 3.63. The molecule has 1 unspecified atom stereocenters. The van der Waals surface area contributed by atoms with Crippen molar-refractivity contribution in [1.29, 1.82) is 5.26 Å². The highest BCUT2D eigenvalue weighted by Crippen LogP contribution is 2.25. The molecule has 0 aliphatic heterocycles. The Hall–Kier alpha value is -3.59. The largest absolute Gasteiger partial charge is 0.399 e. The van der Waals surface area contributed by atoms with Crippen LogP contribution in [0.1, 0.15) is 49.4 Å². The predicted molar refractivity (Wildman–Crippen MR) is 117 cm³/mol. The first-order chi connectivity index (χ1) is 14.4. The Morgan fingerprint density at radius 3 is 2.43 bits per heavy atom. The zero-order valence-electron chi connectivity index (χ0n) is 17.3. The first kappa shape index (κ1) is 21.1. The SMILES string of the molecule is CC(=O)N(/C=C(/C#N)C(=O)NC(C)c1ccc2c(c1)CCCC2)c1ccc(N)cc1. The summed E-state index contributed by atoms with van der Waals surface area (Å²) in [6.45, 7) is 3.26. The fraction of sp³-hybridized carbons (Fsp3) is 0.292. The Labute approximate surface area is 177 Å². The third kappa shape index (κ3) is 4.87. The lowest BCUT2D eigenvalue weighted by atomic mass is 9.89. The van der Waals surface area contributed by atoms with Crippen molar-refractivity contribution < 1.29 is 9.59 Å². The van der Waals surface area contributed by atoms with Crippen molar-refractivity contribution in [2.75, 3.05) is 10.6 Å². The van der Waals surface area contributed by atoms with E-state index >= 15 is 0 Å². The van der Waals surface area contributed by atoms with Crippen molar-refractivity contribution in [3.8, 4) is 6.07 Å². The molecule has 1 atom stereocenters. The number of benzene rings is 2. The third-order valence-electron chi connectivity index (χ3n) is 5.35. The van der Waals surface area contributed by atoms with Crippen molar-refractivity contribution in [1.82, 2.24) is 5.32 Å². The number of amides is 2. The summed E-state index contributed by atoms with van der Waals surface area (Å²) in [6.07, 6.45) is 5.83. The number of aryl methyl sites for hydroxylation is 2. The Morgan fingerprint density at radius 2 is 1.80 bits per heavy atom. The molecule has 6 heteroatoms. The van der Waals surface area contributed by atoms with Gasteiger partial charge >= 0.3 is 0 Å². The number of carbonyl (C=O) groups excluding carboxylic acids is 2. The zero-order chi connectivity index (χ0) is 21.7. The van der Waals surface area contributed by atoms with Crippen molar-refractivity contribution in [2.45, 2.75) is 45.6 Å². The van der Waals surface area contributed by atoms with Gasteiger partial charge in [-0.25, -0.2) is 0 Å². The summed E-state index contributed by atoms with van der Waals surface area (Å²) in [5, 5.41) is 12.4. The fourth-order valence-electron chi connectivity index (χ4n) is 3.63. The van der Waals surface area contributed by atoms with E-state index < -0.39 is 5.91 Å². The minimum atomic E-state index is -0.524. The van der Waals surface area contributed by atoms with Gasteiger partial charge < -0.3 is 11.1 Å². The number of hydrogen-bond acceptors (Lipinski definition) is 4. The molecule has 0 fully saturated rings. The van der Waals surface area contributed by atoms with Crippen LogP contribution in [0.3, 0.4) is 0 Å². The van der Waals surface area contributed by atoms with E-state index in [1.807, 2.05) is 19.1 Å². The van der Waals surface area contributed by atoms with Gasteiger partial charge in [0.15, 0.2) is 0 Å². The Balaban J connectivity index is 1.78. The smallest absolute Gasteiger partial charge is 0.263 e. The van der Waals surface area contributed by atoms with E-state index in [1.54, 1.807) is 24.3 Å². The summed E-state index contributed by atoms with van der Waals surface area (Å²) in [6, 6.07) is 14.6. The standard InChI is InChI=1S/C24H26N4O2/c1-16(19-8-7-18-5-3-4-6-20(18)13-19)27-24(30)21(14-25)15-28(17(2)29)23-11-9-22(26)10-12-23/h7-13,15-16H,3-6,26H2,1-2H3,(H,27,30)/b21-15-. The second kappa shape index (κ2) is 9.27. The van der Waals surface area contributed by atoms with Crippen LogP contribution in [-0.2, 0) is 22.4 Å². The molecule has 2 aromatic rings. The van der Waals surface area contributed by atoms with Gasteiger partial charge in [-0.1, -0.05) is 18.2 Å². The number of nitrogens with zero attached hydrogens (tertiary/aromatic N) is 2. The average Bonchev–Trinajstić information content (AvgIpc) is 2.74. The van der Waals surface area contributed by atoms with Crippen LogP contribution in [0.4, 0.5) is 11.4 Å². The highest BCUT2D eigenvalue weighted by atomic mass is 16.2. The van der Waals surface area contributed by atoms with Crippen molar-refractivity contribution in [3.63, 3.8) is 0 Å². The van der Waals surface area contributed by atoms with E-state index in [1.165, 1.54) is 42.0 Å². The average molecular weight is 402 g/mol. The van der Waals surface area contributed by atoms with Crippen LogP contribution in [0.25, 0.3) is 0 Å². The minimum Gasteiger partial charge on any atom is -0.399 e. The van der Waals surface area contributed by atoms with Gasteiger partial charge in [0.05, 0.1) is 6.04 Å².